The number of hydrogen-bond acceptors (Lipinski definition) is 0. The summed E-state index contributed by atoms with van der Waals surface area (Å²) in [4.78, 5) is 0. The highest BCUT2D eigenvalue weighted by molar-refractivity contribution is 5.17. The fraction of sp³-hybridized carbons (Fsp3) is 0.333. The van der Waals surface area contributed by atoms with Crippen LogP contribution in [0, 0.1) is 12.3 Å². The minimum Gasteiger partial charge on any atom is -0.120 e. The SMILES string of the molecule is C#CC/C=C(\C=C)CC. The molecule has 0 fully saturated rings. The second-order valence-electron chi connectivity index (χ2n) is 1.74. The monoisotopic (exact) mass is 120 g/mol. The van der Waals surface area contributed by atoms with Crippen LogP contribution in [0.1, 0.15) is 19.8 Å². The largest absolute Gasteiger partial charge is 0.120 e. The Hall–Kier alpha value is -0.960. The molecule has 0 N–H and O–H groups in total. The van der Waals surface area contributed by atoms with Gasteiger partial charge in [0.1, 0.15) is 0 Å². The summed E-state index contributed by atoms with van der Waals surface area (Å²) in [5.74, 6) is 2.54. The number of hydrogen-bond donors (Lipinski definition) is 0. The molecule has 0 nitrogen and oxygen atoms in total. The summed E-state index contributed by atoms with van der Waals surface area (Å²) in [6.07, 6.45) is 10.7. The van der Waals surface area contributed by atoms with Crippen LogP contribution < -0.4 is 0 Å². The molecule has 0 saturated carbocycles. The van der Waals surface area contributed by atoms with Crippen LogP contribution in [-0.2, 0) is 0 Å². The molecule has 0 amide bonds. The molecule has 0 aliphatic heterocycles. The molecule has 0 saturated heterocycles. The van der Waals surface area contributed by atoms with Gasteiger partial charge in [-0.05, 0) is 6.42 Å². The van der Waals surface area contributed by atoms with E-state index in [2.05, 4.69) is 19.4 Å². The number of rotatable bonds is 3. The van der Waals surface area contributed by atoms with Crippen LogP contribution in [0.3, 0.4) is 0 Å². The van der Waals surface area contributed by atoms with Gasteiger partial charge in [0.25, 0.3) is 0 Å². The van der Waals surface area contributed by atoms with Gasteiger partial charge in [0.15, 0.2) is 0 Å². The standard InChI is InChI=1S/C9H12/c1-4-7-8-9(5-2)6-3/h1,5,8H,2,6-7H2,3H3/b9-8+. The minimum absolute atomic E-state index is 0.717. The zero-order chi connectivity index (χ0) is 7.11. The van der Waals surface area contributed by atoms with Crippen molar-refractivity contribution in [3.05, 3.63) is 24.3 Å². The maximum absolute atomic E-state index is 5.06. The Labute approximate surface area is 57.3 Å². The first-order chi connectivity index (χ1) is 4.35. The minimum atomic E-state index is 0.717. The molecule has 0 rings (SSSR count). The van der Waals surface area contributed by atoms with Crippen molar-refractivity contribution in [2.24, 2.45) is 0 Å². The van der Waals surface area contributed by atoms with Crippen LogP contribution in [0.2, 0.25) is 0 Å². The Balaban J connectivity index is 3.79. The highest BCUT2D eigenvalue weighted by Crippen LogP contribution is 2.01. The second-order valence-corrected chi connectivity index (χ2v) is 1.74. The maximum atomic E-state index is 5.06. The summed E-state index contributed by atoms with van der Waals surface area (Å²) >= 11 is 0. The summed E-state index contributed by atoms with van der Waals surface area (Å²) in [5, 5.41) is 0. The van der Waals surface area contributed by atoms with Crippen LogP contribution >= 0.6 is 0 Å². The lowest BCUT2D eigenvalue weighted by Crippen LogP contribution is -1.71. The topological polar surface area (TPSA) is 0 Å². The van der Waals surface area contributed by atoms with Gasteiger partial charge in [0, 0.05) is 6.42 Å². The lowest BCUT2D eigenvalue weighted by Gasteiger charge is -1.91. The van der Waals surface area contributed by atoms with E-state index in [1.165, 1.54) is 5.57 Å². The average Bonchev–Trinajstić information content (AvgIpc) is 1.91. The lowest BCUT2D eigenvalue weighted by molar-refractivity contribution is 1.13. The molecule has 0 aromatic heterocycles. The quantitative estimate of drug-likeness (QED) is 0.396. The Morgan fingerprint density at radius 3 is 2.78 bits per heavy atom. The molecule has 0 bridgehead atoms. The molecule has 0 aliphatic rings. The van der Waals surface area contributed by atoms with Crippen molar-refractivity contribution in [1.29, 1.82) is 0 Å². The van der Waals surface area contributed by atoms with Crippen LogP contribution in [-0.4, -0.2) is 0 Å². The molecule has 0 radical (unpaired) electrons. The van der Waals surface area contributed by atoms with E-state index >= 15 is 0 Å². The highest BCUT2D eigenvalue weighted by atomic mass is 13.9. The molecule has 48 valence electrons. The zero-order valence-corrected chi connectivity index (χ0v) is 5.85. The Morgan fingerprint density at radius 2 is 2.44 bits per heavy atom. The van der Waals surface area contributed by atoms with Gasteiger partial charge in [-0.15, -0.1) is 12.3 Å². The van der Waals surface area contributed by atoms with Gasteiger partial charge in [-0.25, -0.2) is 0 Å². The van der Waals surface area contributed by atoms with Crippen molar-refractivity contribution in [1.82, 2.24) is 0 Å². The van der Waals surface area contributed by atoms with Gasteiger partial charge in [-0.1, -0.05) is 31.2 Å². The first-order valence-electron chi connectivity index (χ1n) is 3.10. The Kier molecular flexibility index (Phi) is 4.63. The average molecular weight is 120 g/mol. The van der Waals surface area contributed by atoms with Crippen molar-refractivity contribution < 1.29 is 0 Å². The third-order valence-electron chi connectivity index (χ3n) is 1.15. The van der Waals surface area contributed by atoms with E-state index in [1.54, 1.807) is 0 Å². The molecule has 0 aromatic carbocycles. The van der Waals surface area contributed by atoms with Gasteiger partial charge < -0.3 is 0 Å². The molecule has 0 heteroatoms. The van der Waals surface area contributed by atoms with Crippen LogP contribution in [0.4, 0.5) is 0 Å². The molecule has 0 atom stereocenters. The van der Waals surface area contributed by atoms with E-state index in [4.69, 9.17) is 6.42 Å². The van der Waals surface area contributed by atoms with Gasteiger partial charge in [0.2, 0.25) is 0 Å². The highest BCUT2D eigenvalue weighted by Gasteiger charge is 1.81. The summed E-state index contributed by atoms with van der Waals surface area (Å²) in [5.41, 5.74) is 1.23. The molecular weight excluding hydrogens is 108 g/mol. The van der Waals surface area contributed by atoms with E-state index in [0.717, 1.165) is 12.8 Å². The smallest absolute Gasteiger partial charge is 0.0272 e. The molecule has 9 heavy (non-hydrogen) atoms. The third kappa shape index (κ3) is 3.61. The lowest BCUT2D eigenvalue weighted by atomic mass is 10.2. The normalized spacial score (nSPS) is 10.4. The van der Waals surface area contributed by atoms with Gasteiger partial charge in [0.05, 0.1) is 0 Å². The molecule has 0 spiro atoms. The van der Waals surface area contributed by atoms with Crippen molar-refractivity contribution in [3.63, 3.8) is 0 Å². The summed E-state index contributed by atoms with van der Waals surface area (Å²) in [7, 11) is 0. The van der Waals surface area contributed by atoms with Gasteiger partial charge in [-0.2, -0.15) is 0 Å². The zero-order valence-electron chi connectivity index (χ0n) is 5.85. The predicted octanol–water partition coefficient (Wildman–Crippen LogP) is 2.53. The first-order valence-corrected chi connectivity index (χ1v) is 3.10. The number of allylic oxidation sites excluding steroid dienone is 3. The summed E-state index contributed by atoms with van der Waals surface area (Å²) in [6, 6.07) is 0. The van der Waals surface area contributed by atoms with E-state index in [9.17, 15) is 0 Å². The molecular formula is C9H12. The van der Waals surface area contributed by atoms with Crippen molar-refractivity contribution in [3.8, 4) is 12.3 Å². The van der Waals surface area contributed by atoms with E-state index in [-0.39, 0.29) is 0 Å². The van der Waals surface area contributed by atoms with Crippen molar-refractivity contribution in [2.45, 2.75) is 19.8 Å². The Morgan fingerprint density at radius 1 is 1.78 bits per heavy atom. The maximum Gasteiger partial charge on any atom is 0.0272 e. The van der Waals surface area contributed by atoms with Crippen molar-refractivity contribution in [2.75, 3.05) is 0 Å². The Bertz CT molecular complexity index is 144. The second kappa shape index (κ2) is 5.18. The fourth-order valence-electron chi connectivity index (χ4n) is 0.562. The predicted molar refractivity (Wildman–Crippen MR) is 42.0 cm³/mol. The molecule has 0 unspecified atom stereocenters. The van der Waals surface area contributed by atoms with Crippen LogP contribution in [0.15, 0.2) is 24.3 Å². The molecule has 0 aromatic rings. The molecule has 0 heterocycles. The van der Waals surface area contributed by atoms with Gasteiger partial charge in [-0.3, -0.25) is 0 Å². The van der Waals surface area contributed by atoms with Crippen molar-refractivity contribution >= 4 is 0 Å². The van der Waals surface area contributed by atoms with Crippen LogP contribution in [0.5, 0.6) is 0 Å². The fourth-order valence-corrected chi connectivity index (χ4v) is 0.562. The van der Waals surface area contributed by atoms with E-state index in [1.807, 2.05) is 12.2 Å². The molecule has 0 aliphatic carbocycles. The first kappa shape index (κ1) is 8.04. The third-order valence-corrected chi connectivity index (χ3v) is 1.15. The van der Waals surface area contributed by atoms with Crippen LogP contribution in [0.25, 0.3) is 0 Å². The number of terminal acetylenes is 1. The van der Waals surface area contributed by atoms with E-state index in [0.29, 0.717) is 0 Å². The van der Waals surface area contributed by atoms with Gasteiger partial charge >= 0.3 is 0 Å². The summed E-state index contributed by atoms with van der Waals surface area (Å²) in [6.45, 7) is 5.74. The van der Waals surface area contributed by atoms with E-state index < -0.39 is 0 Å². The summed E-state index contributed by atoms with van der Waals surface area (Å²) < 4.78 is 0.